The van der Waals surface area contributed by atoms with Crippen LogP contribution in [0.15, 0.2) is 54.7 Å². The molecule has 1 N–H and O–H groups in total. The monoisotopic (exact) mass is 277 g/mol. The van der Waals surface area contributed by atoms with Crippen molar-refractivity contribution in [2.45, 2.75) is 26.2 Å². The summed E-state index contributed by atoms with van der Waals surface area (Å²) in [5.41, 5.74) is 5.32. The van der Waals surface area contributed by atoms with Crippen molar-refractivity contribution in [3.05, 3.63) is 60.3 Å². The van der Waals surface area contributed by atoms with Gasteiger partial charge in [-0.1, -0.05) is 45.0 Å². The molecule has 3 aromatic rings. The highest BCUT2D eigenvalue weighted by atomic mass is 15.1. The van der Waals surface area contributed by atoms with E-state index in [1.54, 1.807) is 0 Å². The molecule has 0 aliphatic carbocycles. The topological polar surface area (TPSA) is 41.6 Å². The fourth-order valence-electron chi connectivity index (χ4n) is 2.26. The van der Waals surface area contributed by atoms with Crippen LogP contribution in [-0.4, -0.2) is 15.2 Å². The van der Waals surface area contributed by atoms with Gasteiger partial charge in [0.05, 0.1) is 11.4 Å². The minimum atomic E-state index is 0.168. The molecule has 3 rings (SSSR count). The first kappa shape index (κ1) is 13.6. The molecule has 0 bridgehead atoms. The second-order valence-electron chi connectivity index (χ2n) is 6.21. The van der Waals surface area contributed by atoms with Crippen molar-refractivity contribution in [1.29, 1.82) is 0 Å². The van der Waals surface area contributed by atoms with E-state index in [0.29, 0.717) is 0 Å². The van der Waals surface area contributed by atoms with Gasteiger partial charge in [0.15, 0.2) is 0 Å². The Kier molecular flexibility index (Phi) is 3.34. The van der Waals surface area contributed by atoms with Gasteiger partial charge in [0, 0.05) is 11.8 Å². The molecule has 0 radical (unpaired) electrons. The first-order valence-electron chi connectivity index (χ1n) is 7.12. The molecule has 2 heterocycles. The van der Waals surface area contributed by atoms with Crippen LogP contribution >= 0.6 is 0 Å². The minimum absolute atomic E-state index is 0.168. The van der Waals surface area contributed by atoms with Crippen molar-refractivity contribution in [3.8, 4) is 22.6 Å². The first-order chi connectivity index (χ1) is 10.0. The van der Waals surface area contributed by atoms with Crippen LogP contribution in [0.2, 0.25) is 0 Å². The summed E-state index contributed by atoms with van der Waals surface area (Å²) in [6, 6.07) is 16.5. The molecule has 0 atom stereocenters. The predicted octanol–water partition coefficient (Wildman–Crippen LogP) is 4.44. The molecule has 21 heavy (non-hydrogen) atoms. The molecule has 0 amide bonds. The zero-order chi connectivity index (χ0) is 14.9. The third-order valence-electron chi connectivity index (χ3n) is 3.59. The van der Waals surface area contributed by atoms with Gasteiger partial charge in [-0.15, -0.1) is 10.2 Å². The molecule has 3 nitrogen and oxygen atoms in total. The molecular formula is C18H19N3. The molecule has 3 heteroatoms. The molecule has 0 aliphatic rings. The van der Waals surface area contributed by atoms with Gasteiger partial charge in [-0.05, 0) is 35.2 Å². The van der Waals surface area contributed by atoms with Crippen LogP contribution in [0.3, 0.4) is 0 Å². The number of nitrogens with one attached hydrogen (secondary N) is 1. The van der Waals surface area contributed by atoms with Crippen LogP contribution < -0.4 is 0 Å². The van der Waals surface area contributed by atoms with Crippen LogP contribution in [0.4, 0.5) is 0 Å². The van der Waals surface area contributed by atoms with Crippen LogP contribution in [0.1, 0.15) is 26.3 Å². The van der Waals surface area contributed by atoms with Gasteiger partial charge in [-0.2, -0.15) is 0 Å². The summed E-state index contributed by atoms with van der Waals surface area (Å²) < 4.78 is 0. The zero-order valence-electron chi connectivity index (χ0n) is 12.6. The van der Waals surface area contributed by atoms with E-state index in [1.165, 1.54) is 5.56 Å². The smallest absolute Gasteiger partial charge is 0.109 e. The summed E-state index contributed by atoms with van der Waals surface area (Å²) in [7, 11) is 0. The van der Waals surface area contributed by atoms with E-state index < -0.39 is 0 Å². The number of benzene rings is 1. The Balaban J connectivity index is 1.87. The number of aromatic amines is 1. The standard InChI is InChI=1S/C18H19N3/c1-18(2,3)14-8-6-13(7-9-14)15-10-11-17(21-20-15)16-5-4-12-19-16/h4-12,19H,1-3H3. The highest BCUT2D eigenvalue weighted by molar-refractivity contribution is 5.62. The van der Waals surface area contributed by atoms with E-state index in [-0.39, 0.29) is 5.41 Å². The third kappa shape index (κ3) is 2.87. The Bertz CT molecular complexity index is 703. The number of aromatic nitrogens is 3. The first-order valence-corrected chi connectivity index (χ1v) is 7.12. The average Bonchev–Trinajstić information content (AvgIpc) is 3.01. The number of hydrogen-bond acceptors (Lipinski definition) is 2. The van der Waals surface area contributed by atoms with Crippen molar-refractivity contribution in [2.24, 2.45) is 0 Å². The molecule has 2 aromatic heterocycles. The maximum absolute atomic E-state index is 4.33. The molecule has 0 unspecified atom stereocenters. The summed E-state index contributed by atoms with van der Waals surface area (Å²) in [5, 5.41) is 8.61. The molecule has 0 fully saturated rings. The van der Waals surface area contributed by atoms with Gasteiger partial charge < -0.3 is 4.98 Å². The predicted molar refractivity (Wildman–Crippen MR) is 86.0 cm³/mol. The van der Waals surface area contributed by atoms with Crippen molar-refractivity contribution in [1.82, 2.24) is 15.2 Å². The SMILES string of the molecule is CC(C)(C)c1ccc(-c2ccc(-c3ccc[nH]3)nn2)cc1. The van der Waals surface area contributed by atoms with Crippen LogP contribution in [-0.2, 0) is 5.41 Å². The normalized spacial score (nSPS) is 11.6. The van der Waals surface area contributed by atoms with Crippen molar-refractivity contribution >= 4 is 0 Å². The summed E-state index contributed by atoms with van der Waals surface area (Å²) in [6.07, 6.45) is 1.89. The van der Waals surface area contributed by atoms with E-state index in [1.807, 2.05) is 30.5 Å². The highest BCUT2D eigenvalue weighted by Gasteiger charge is 2.13. The summed E-state index contributed by atoms with van der Waals surface area (Å²) in [6.45, 7) is 6.65. The molecule has 0 saturated carbocycles. The maximum Gasteiger partial charge on any atom is 0.109 e. The summed E-state index contributed by atoms with van der Waals surface area (Å²) in [4.78, 5) is 3.13. The lowest BCUT2D eigenvalue weighted by Crippen LogP contribution is -2.10. The molecule has 0 aliphatic heterocycles. The summed E-state index contributed by atoms with van der Waals surface area (Å²) >= 11 is 0. The fourth-order valence-corrected chi connectivity index (χ4v) is 2.26. The van der Waals surface area contributed by atoms with E-state index in [2.05, 4.69) is 60.2 Å². The maximum atomic E-state index is 4.33. The molecule has 1 aromatic carbocycles. The lowest BCUT2D eigenvalue weighted by Gasteiger charge is -2.19. The number of nitrogens with zero attached hydrogens (tertiary/aromatic N) is 2. The van der Waals surface area contributed by atoms with Gasteiger partial charge in [-0.3, -0.25) is 0 Å². The number of rotatable bonds is 2. The molecule has 106 valence electrons. The van der Waals surface area contributed by atoms with E-state index >= 15 is 0 Å². The average molecular weight is 277 g/mol. The minimum Gasteiger partial charge on any atom is -0.360 e. The van der Waals surface area contributed by atoms with Gasteiger partial charge in [-0.25, -0.2) is 0 Å². The zero-order valence-corrected chi connectivity index (χ0v) is 12.6. The second kappa shape index (κ2) is 5.17. The lowest BCUT2D eigenvalue weighted by molar-refractivity contribution is 0.590. The Morgan fingerprint density at radius 3 is 2.00 bits per heavy atom. The van der Waals surface area contributed by atoms with Gasteiger partial charge in [0.2, 0.25) is 0 Å². The van der Waals surface area contributed by atoms with Gasteiger partial charge in [0.1, 0.15) is 5.69 Å². The second-order valence-corrected chi connectivity index (χ2v) is 6.21. The van der Waals surface area contributed by atoms with Crippen molar-refractivity contribution in [2.75, 3.05) is 0 Å². The van der Waals surface area contributed by atoms with E-state index in [4.69, 9.17) is 0 Å². The van der Waals surface area contributed by atoms with E-state index in [9.17, 15) is 0 Å². The highest BCUT2D eigenvalue weighted by Crippen LogP contribution is 2.25. The third-order valence-corrected chi connectivity index (χ3v) is 3.59. The largest absolute Gasteiger partial charge is 0.360 e. The van der Waals surface area contributed by atoms with Gasteiger partial charge >= 0.3 is 0 Å². The van der Waals surface area contributed by atoms with Gasteiger partial charge in [0.25, 0.3) is 0 Å². The van der Waals surface area contributed by atoms with Crippen molar-refractivity contribution < 1.29 is 0 Å². The van der Waals surface area contributed by atoms with Crippen LogP contribution in [0.5, 0.6) is 0 Å². The molecular weight excluding hydrogens is 258 g/mol. The Morgan fingerprint density at radius 1 is 0.810 bits per heavy atom. The fraction of sp³-hybridized carbons (Fsp3) is 0.222. The quantitative estimate of drug-likeness (QED) is 0.752. The van der Waals surface area contributed by atoms with Crippen molar-refractivity contribution in [3.63, 3.8) is 0 Å². The lowest BCUT2D eigenvalue weighted by atomic mass is 9.86. The summed E-state index contributed by atoms with van der Waals surface area (Å²) in [5.74, 6) is 0. The van der Waals surface area contributed by atoms with E-state index in [0.717, 1.165) is 22.6 Å². The van der Waals surface area contributed by atoms with Crippen LogP contribution in [0.25, 0.3) is 22.6 Å². The van der Waals surface area contributed by atoms with Crippen LogP contribution in [0, 0.1) is 0 Å². The Labute approximate surface area is 125 Å². The Morgan fingerprint density at radius 2 is 1.48 bits per heavy atom. The molecule has 0 saturated heterocycles. The number of H-pyrrole nitrogens is 1. The number of hydrogen-bond donors (Lipinski definition) is 1. The Hall–Kier alpha value is -2.42. The molecule has 0 spiro atoms.